The lowest BCUT2D eigenvalue weighted by molar-refractivity contribution is -0.384. The summed E-state index contributed by atoms with van der Waals surface area (Å²) in [6, 6.07) is 28.8. The van der Waals surface area contributed by atoms with Crippen LogP contribution in [0.25, 0.3) is 22.2 Å². The molecule has 0 spiro atoms. The number of hydrogen-bond donors (Lipinski definition) is 3. The highest BCUT2D eigenvalue weighted by atomic mass is 32.2. The number of amides is 1. The monoisotopic (exact) mass is 871 g/mol. The summed E-state index contributed by atoms with van der Waals surface area (Å²) >= 11 is 0. The number of benzene rings is 4. The van der Waals surface area contributed by atoms with Crippen molar-refractivity contribution in [3.8, 4) is 28.4 Å². The SMILES string of the molecule is CN1CCC(Oc2ccccc2C2CCCN2c2ccc(-c3ccc(C(=O)NS(=O)(=O)c4ccc(NCC5CCOCC5)c([N+](=O)[O-])c4)c(Oc4cnc5[nH]ccc5c4)c3)cc2)C1. The molecule has 2 aromatic heterocycles. The van der Waals surface area contributed by atoms with Crippen molar-refractivity contribution in [1.29, 1.82) is 0 Å². The number of pyridine rings is 1. The number of H-pyrrole nitrogens is 1. The van der Waals surface area contributed by atoms with Gasteiger partial charge in [-0.2, -0.15) is 0 Å². The van der Waals surface area contributed by atoms with E-state index in [0.29, 0.717) is 31.2 Å². The molecule has 3 N–H and O–H groups in total. The number of fused-ring (bicyclic) bond motifs is 1. The van der Waals surface area contributed by atoms with E-state index in [1.54, 1.807) is 24.4 Å². The number of sulfonamides is 1. The van der Waals surface area contributed by atoms with Crippen molar-refractivity contribution in [2.24, 2.45) is 5.92 Å². The number of para-hydroxylation sites is 1. The number of carbonyl (C=O) groups excluding carboxylic acids is 1. The molecule has 6 aromatic rings. The Bertz CT molecular complexity index is 2740. The van der Waals surface area contributed by atoms with Gasteiger partial charge < -0.3 is 34.3 Å². The van der Waals surface area contributed by atoms with Gasteiger partial charge in [0.25, 0.3) is 21.6 Å². The zero-order chi connectivity index (χ0) is 43.5. The van der Waals surface area contributed by atoms with Gasteiger partial charge in [0.1, 0.15) is 34.7 Å². The maximum atomic E-state index is 13.9. The normalized spacial score (nSPS) is 18.4. The van der Waals surface area contributed by atoms with E-state index in [1.165, 1.54) is 30.0 Å². The minimum atomic E-state index is -4.57. The molecule has 63 heavy (non-hydrogen) atoms. The minimum Gasteiger partial charge on any atom is -0.489 e. The topological polar surface area (TPSA) is 181 Å². The molecule has 15 nitrogen and oxygen atoms in total. The highest BCUT2D eigenvalue weighted by Crippen LogP contribution is 2.41. The Morgan fingerprint density at radius 3 is 2.54 bits per heavy atom. The Hall–Kier alpha value is -6.49. The first kappa shape index (κ1) is 41.8. The van der Waals surface area contributed by atoms with E-state index in [0.717, 1.165) is 85.8 Å². The van der Waals surface area contributed by atoms with E-state index >= 15 is 0 Å². The van der Waals surface area contributed by atoms with E-state index in [-0.39, 0.29) is 35.1 Å². The van der Waals surface area contributed by atoms with E-state index in [1.807, 2.05) is 24.3 Å². The maximum Gasteiger partial charge on any atom is 0.293 e. The van der Waals surface area contributed by atoms with Gasteiger partial charge in [-0.25, -0.2) is 18.1 Å². The number of likely N-dealkylation sites (N-methyl/N-ethyl adjacent to an activating group) is 1. The molecular formula is C47H49N7O8S. The van der Waals surface area contributed by atoms with Crippen molar-refractivity contribution < 1.29 is 32.3 Å². The van der Waals surface area contributed by atoms with Crippen LogP contribution in [0, 0.1) is 16.0 Å². The second-order valence-electron chi connectivity index (χ2n) is 16.4. The smallest absolute Gasteiger partial charge is 0.293 e. The lowest BCUT2D eigenvalue weighted by atomic mass is 10.0. The molecule has 1 amide bonds. The largest absolute Gasteiger partial charge is 0.489 e. The third-order valence-corrected chi connectivity index (χ3v) is 13.5. The number of aromatic nitrogens is 2. The Balaban J connectivity index is 0.966. The van der Waals surface area contributed by atoms with E-state index in [4.69, 9.17) is 14.2 Å². The van der Waals surface area contributed by atoms with Crippen molar-refractivity contribution in [2.75, 3.05) is 56.7 Å². The number of carbonyl (C=O) groups is 1. The predicted octanol–water partition coefficient (Wildman–Crippen LogP) is 8.31. The summed E-state index contributed by atoms with van der Waals surface area (Å²) in [4.78, 5) is 37.1. The molecule has 326 valence electrons. The van der Waals surface area contributed by atoms with Crippen molar-refractivity contribution in [2.45, 2.75) is 49.1 Å². The van der Waals surface area contributed by atoms with Gasteiger partial charge >= 0.3 is 0 Å². The zero-order valence-corrected chi connectivity index (χ0v) is 35.7. The van der Waals surface area contributed by atoms with Crippen molar-refractivity contribution in [3.63, 3.8) is 0 Å². The number of nitrogens with zero attached hydrogens (tertiary/aromatic N) is 4. The van der Waals surface area contributed by atoms with E-state index < -0.39 is 31.4 Å². The molecule has 3 aliphatic heterocycles. The molecule has 2 atom stereocenters. The summed E-state index contributed by atoms with van der Waals surface area (Å²) < 4.78 is 47.8. The molecule has 4 aromatic carbocycles. The van der Waals surface area contributed by atoms with Crippen molar-refractivity contribution >= 4 is 44.0 Å². The Kier molecular flexibility index (Phi) is 12.0. The van der Waals surface area contributed by atoms with Crippen LogP contribution >= 0.6 is 0 Å². The summed E-state index contributed by atoms with van der Waals surface area (Å²) in [5.74, 6) is 0.649. The molecule has 3 aliphatic rings. The number of anilines is 2. The zero-order valence-electron chi connectivity index (χ0n) is 34.9. The number of rotatable bonds is 14. The Morgan fingerprint density at radius 2 is 1.75 bits per heavy atom. The van der Waals surface area contributed by atoms with Crippen LogP contribution in [-0.2, 0) is 14.8 Å². The average Bonchev–Trinajstić information content (AvgIpc) is 4.08. The summed E-state index contributed by atoms with van der Waals surface area (Å²) in [7, 11) is -2.45. The predicted molar refractivity (Wildman–Crippen MR) is 240 cm³/mol. The van der Waals surface area contributed by atoms with Crippen LogP contribution in [0.1, 0.15) is 54.1 Å². The maximum absolute atomic E-state index is 13.9. The molecule has 0 aliphatic carbocycles. The number of nitrogens with one attached hydrogen (secondary N) is 3. The fraction of sp³-hybridized carbons (Fsp3) is 0.319. The van der Waals surface area contributed by atoms with Gasteiger partial charge in [0.15, 0.2) is 0 Å². The van der Waals surface area contributed by atoms with Gasteiger partial charge in [0.2, 0.25) is 0 Å². The number of nitro groups is 1. The molecule has 3 saturated heterocycles. The Morgan fingerprint density at radius 1 is 0.937 bits per heavy atom. The van der Waals surface area contributed by atoms with Crippen molar-refractivity contribution in [1.82, 2.24) is 19.6 Å². The molecule has 0 saturated carbocycles. The van der Waals surface area contributed by atoms with Crippen LogP contribution < -0.4 is 24.4 Å². The van der Waals surface area contributed by atoms with Crippen LogP contribution in [0.3, 0.4) is 0 Å². The van der Waals surface area contributed by atoms with Crippen LogP contribution in [0.15, 0.2) is 114 Å². The second-order valence-corrected chi connectivity index (χ2v) is 18.1. The van der Waals surface area contributed by atoms with Crippen LogP contribution in [0.4, 0.5) is 17.1 Å². The third kappa shape index (κ3) is 9.33. The van der Waals surface area contributed by atoms with Crippen LogP contribution in [-0.4, -0.2) is 86.7 Å². The van der Waals surface area contributed by atoms with E-state index in [9.17, 15) is 23.3 Å². The molecule has 5 heterocycles. The van der Waals surface area contributed by atoms with Gasteiger partial charge in [-0.3, -0.25) is 14.9 Å². The van der Waals surface area contributed by atoms with Gasteiger partial charge in [-0.05, 0) is 111 Å². The lowest BCUT2D eigenvalue weighted by Gasteiger charge is -2.29. The fourth-order valence-electron chi connectivity index (χ4n) is 8.77. The highest BCUT2D eigenvalue weighted by molar-refractivity contribution is 7.90. The highest BCUT2D eigenvalue weighted by Gasteiger charge is 2.31. The minimum absolute atomic E-state index is 0.0672. The quantitative estimate of drug-likeness (QED) is 0.0705. The Labute approximate surface area is 365 Å². The van der Waals surface area contributed by atoms with Crippen LogP contribution in [0.2, 0.25) is 0 Å². The van der Waals surface area contributed by atoms with Gasteiger partial charge in [-0.1, -0.05) is 36.4 Å². The standard InChI is InChI=1S/C47H49N7O8S/c1-52-22-17-36(30-52)61-44-7-3-2-5-39(44)42-6-4-21-53(42)35-11-8-32(9-12-35)33-10-14-40(45(26-33)62-37-25-34-16-20-48-46(34)50-29-37)47(55)51-63(58,59)38-13-15-41(43(27-38)54(56)57)49-28-31-18-23-60-24-19-31/h2-3,5,7-16,20,25-27,29,31,36,42,49H,4,6,17-19,21-24,28,30H2,1H3,(H,48,50)(H,51,55). The molecule has 0 bridgehead atoms. The summed E-state index contributed by atoms with van der Waals surface area (Å²) in [6.07, 6.45) is 8.13. The molecule has 9 rings (SSSR count). The summed E-state index contributed by atoms with van der Waals surface area (Å²) in [6.45, 7) is 4.57. The first-order chi connectivity index (χ1) is 30.6. The van der Waals surface area contributed by atoms with Gasteiger partial charge in [0.05, 0.1) is 27.6 Å². The first-order valence-corrected chi connectivity index (χ1v) is 22.8. The average molecular weight is 872 g/mol. The summed E-state index contributed by atoms with van der Waals surface area (Å²) in [5, 5.41) is 16.0. The number of ether oxygens (including phenoxy) is 3. The third-order valence-electron chi connectivity index (χ3n) is 12.2. The first-order valence-electron chi connectivity index (χ1n) is 21.3. The number of likely N-dealkylation sites (tertiary alicyclic amines) is 1. The summed E-state index contributed by atoms with van der Waals surface area (Å²) in [5.41, 5.74) is 4.19. The molecule has 16 heteroatoms. The molecule has 3 fully saturated rings. The number of aromatic amines is 1. The second kappa shape index (κ2) is 18.1. The fourth-order valence-corrected chi connectivity index (χ4v) is 9.76. The van der Waals surface area contributed by atoms with E-state index in [2.05, 4.69) is 67.2 Å². The molecule has 2 unspecified atom stereocenters. The van der Waals surface area contributed by atoms with Crippen molar-refractivity contribution in [3.05, 3.63) is 131 Å². The number of nitro benzene ring substituents is 1. The lowest BCUT2D eigenvalue weighted by Crippen LogP contribution is -2.31. The van der Waals surface area contributed by atoms with Gasteiger partial charge in [0, 0.05) is 68.3 Å². The molecular weight excluding hydrogens is 823 g/mol. The molecule has 0 radical (unpaired) electrons. The van der Waals surface area contributed by atoms with Crippen LogP contribution in [0.5, 0.6) is 17.2 Å². The van der Waals surface area contributed by atoms with Gasteiger partial charge in [-0.15, -0.1) is 0 Å². The number of hydrogen-bond acceptors (Lipinski definition) is 12.